The van der Waals surface area contributed by atoms with Gasteiger partial charge in [0.1, 0.15) is 0 Å². The Balaban J connectivity index is 2.99. The Bertz CT molecular complexity index is 31.7. The van der Waals surface area contributed by atoms with Gasteiger partial charge in [0.15, 0.2) is 0 Å². The van der Waals surface area contributed by atoms with Crippen LogP contribution in [0.5, 0.6) is 0 Å². The maximum absolute atomic E-state index is 4.72. The van der Waals surface area contributed by atoms with E-state index in [1.165, 1.54) is 0 Å². The summed E-state index contributed by atoms with van der Waals surface area (Å²) in [5.41, 5.74) is 0. The third-order valence-corrected chi connectivity index (χ3v) is 2.34. The average Bonchev–Trinajstić information content (AvgIpc) is 1.72. The Morgan fingerprint density at radius 1 is 0.857 bits per heavy atom. The Morgan fingerprint density at radius 2 is 1.14 bits per heavy atom. The molecule has 0 unspecified atom stereocenters. The standard InChI is InChI=1S/3ClO.Ti/c3*1-2;/q3*-1;+3. The van der Waals surface area contributed by atoms with Crippen LogP contribution in [0.1, 0.15) is 0 Å². The van der Waals surface area contributed by atoms with Crippen LogP contribution in [0.15, 0.2) is 0 Å². The second-order valence-corrected chi connectivity index (χ2v) is 3.89. The van der Waals surface area contributed by atoms with Gasteiger partial charge in [-0.1, -0.05) is 0 Å². The van der Waals surface area contributed by atoms with Crippen LogP contribution in [0.2, 0.25) is 0 Å². The van der Waals surface area contributed by atoms with Crippen molar-refractivity contribution < 1.29 is 27.6 Å². The van der Waals surface area contributed by atoms with Crippen LogP contribution in [0.4, 0.5) is 0 Å². The molecule has 0 aromatic carbocycles. The number of rotatable bonds is 3. The number of halogens is 3. The topological polar surface area (TPSA) is 27.7 Å². The Morgan fingerprint density at radius 3 is 1.14 bits per heavy atom. The summed E-state index contributed by atoms with van der Waals surface area (Å²) in [5, 5.41) is 0. The molecular weight excluding hydrogens is 202 g/mol. The minimum atomic E-state index is -2.61. The zero-order valence-corrected chi connectivity index (χ0v) is 6.69. The average molecular weight is 202 g/mol. The van der Waals surface area contributed by atoms with Crippen molar-refractivity contribution in [3.63, 3.8) is 0 Å². The zero-order chi connectivity index (χ0) is 5.70. The SMILES string of the molecule is Cl[O][Ti]([O]Cl)[O]Cl. The fourth-order valence-electron chi connectivity index (χ4n) is 0.0357. The van der Waals surface area contributed by atoms with E-state index in [4.69, 9.17) is 35.6 Å². The molecule has 0 N–H and O–H groups in total. The van der Waals surface area contributed by atoms with Gasteiger partial charge in [0.25, 0.3) is 0 Å². The molecular formula is Cl3O3Ti. The summed E-state index contributed by atoms with van der Waals surface area (Å²) in [4.78, 5) is 0. The molecule has 0 radical (unpaired) electrons. The molecule has 3 nitrogen and oxygen atoms in total. The molecule has 0 heterocycles. The summed E-state index contributed by atoms with van der Waals surface area (Å²) in [7, 11) is 0. The second-order valence-electron chi connectivity index (χ2n) is 0.481. The van der Waals surface area contributed by atoms with E-state index in [0.717, 1.165) is 0 Å². The molecule has 0 rings (SSSR count). The maximum atomic E-state index is 4.72. The first kappa shape index (κ1) is 8.46. The van der Waals surface area contributed by atoms with Gasteiger partial charge in [0.2, 0.25) is 0 Å². The van der Waals surface area contributed by atoms with Crippen molar-refractivity contribution in [3.05, 3.63) is 0 Å². The van der Waals surface area contributed by atoms with E-state index in [9.17, 15) is 0 Å². The molecule has 0 aromatic heterocycles. The number of hydrogen-bond acceptors (Lipinski definition) is 3. The quantitative estimate of drug-likeness (QED) is 0.654. The molecule has 0 aliphatic carbocycles. The van der Waals surface area contributed by atoms with Gasteiger partial charge in [-0.25, -0.2) is 0 Å². The Labute approximate surface area is 63.2 Å². The van der Waals surface area contributed by atoms with Crippen LogP contribution in [-0.2, 0) is 27.6 Å². The van der Waals surface area contributed by atoms with Crippen molar-refractivity contribution in [1.29, 1.82) is 0 Å². The molecule has 0 aromatic rings. The summed E-state index contributed by atoms with van der Waals surface area (Å²) in [6, 6.07) is 0. The van der Waals surface area contributed by atoms with Crippen molar-refractivity contribution in [2.45, 2.75) is 0 Å². The minimum absolute atomic E-state index is 2.61. The van der Waals surface area contributed by atoms with E-state index in [-0.39, 0.29) is 0 Å². The predicted molar refractivity (Wildman–Crippen MR) is 20.8 cm³/mol. The van der Waals surface area contributed by atoms with Crippen molar-refractivity contribution in [2.75, 3.05) is 0 Å². The van der Waals surface area contributed by atoms with E-state index < -0.39 is 19.0 Å². The van der Waals surface area contributed by atoms with Gasteiger partial charge < -0.3 is 0 Å². The zero-order valence-electron chi connectivity index (χ0n) is 2.86. The molecule has 0 atom stereocenters. The van der Waals surface area contributed by atoms with Gasteiger partial charge in [0, 0.05) is 0 Å². The molecule has 0 spiro atoms. The van der Waals surface area contributed by atoms with Crippen LogP contribution in [0.3, 0.4) is 0 Å². The van der Waals surface area contributed by atoms with Gasteiger partial charge >= 0.3 is 63.2 Å². The van der Waals surface area contributed by atoms with Crippen molar-refractivity contribution in [2.24, 2.45) is 0 Å². The van der Waals surface area contributed by atoms with Crippen molar-refractivity contribution in [1.82, 2.24) is 0 Å². The number of hydrogen-bond donors (Lipinski definition) is 0. The van der Waals surface area contributed by atoms with E-state index in [1.807, 2.05) is 0 Å². The summed E-state index contributed by atoms with van der Waals surface area (Å²) >= 11 is 11.6. The van der Waals surface area contributed by atoms with E-state index in [0.29, 0.717) is 0 Å². The van der Waals surface area contributed by atoms with Crippen LogP contribution < -0.4 is 0 Å². The molecule has 0 aliphatic heterocycles. The molecule has 0 aliphatic rings. The molecule has 0 fully saturated rings. The van der Waals surface area contributed by atoms with Crippen LogP contribution >= 0.6 is 35.6 Å². The first-order valence-electron chi connectivity index (χ1n) is 1.08. The molecule has 7 heavy (non-hydrogen) atoms. The molecule has 0 amide bonds. The van der Waals surface area contributed by atoms with Gasteiger partial charge in [-0.05, 0) is 0 Å². The Hall–Kier alpha value is 1.46. The summed E-state index contributed by atoms with van der Waals surface area (Å²) in [5.74, 6) is 0. The third kappa shape index (κ3) is 4.00. The third-order valence-electron chi connectivity index (χ3n) is 0.189. The van der Waals surface area contributed by atoms with Gasteiger partial charge in [-0.2, -0.15) is 0 Å². The van der Waals surface area contributed by atoms with Crippen molar-refractivity contribution in [3.8, 4) is 0 Å². The monoisotopic (exact) mass is 201 g/mol. The van der Waals surface area contributed by atoms with Crippen LogP contribution in [0.25, 0.3) is 0 Å². The van der Waals surface area contributed by atoms with E-state index in [2.05, 4.69) is 8.61 Å². The summed E-state index contributed by atoms with van der Waals surface area (Å²) in [6.45, 7) is 0. The molecule has 43 valence electrons. The van der Waals surface area contributed by atoms with E-state index >= 15 is 0 Å². The normalized spacial score (nSPS) is 9.00. The van der Waals surface area contributed by atoms with Gasteiger partial charge in [-0.15, -0.1) is 0 Å². The van der Waals surface area contributed by atoms with E-state index in [1.54, 1.807) is 0 Å². The van der Waals surface area contributed by atoms with Crippen molar-refractivity contribution >= 4 is 35.6 Å². The Kier molecular flexibility index (Phi) is 6.77. The van der Waals surface area contributed by atoms with Crippen LogP contribution in [0, 0.1) is 0 Å². The van der Waals surface area contributed by atoms with Gasteiger partial charge in [0.05, 0.1) is 0 Å². The first-order chi connectivity index (χ1) is 3.35. The predicted octanol–water partition coefficient (Wildman–Crippen LogP) is 1.86. The molecule has 7 heteroatoms. The second kappa shape index (κ2) is 5.60. The summed E-state index contributed by atoms with van der Waals surface area (Å²) < 4.78 is 11.9. The fraction of sp³-hybridized carbons (Fsp3) is 0. The van der Waals surface area contributed by atoms with Gasteiger partial charge in [-0.3, -0.25) is 0 Å². The molecule has 0 saturated carbocycles. The van der Waals surface area contributed by atoms with Crippen LogP contribution in [-0.4, -0.2) is 0 Å². The first-order valence-corrected chi connectivity index (χ1v) is 3.91. The molecule has 0 bridgehead atoms. The fourth-order valence-corrected chi connectivity index (χ4v) is 1.33. The summed E-state index contributed by atoms with van der Waals surface area (Å²) in [6.07, 6.45) is 0. The molecule has 0 saturated heterocycles.